The Labute approximate surface area is 205 Å². The maximum atomic E-state index is 12.4. The van der Waals surface area contributed by atoms with Gasteiger partial charge < -0.3 is 18.5 Å². The van der Waals surface area contributed by atoms with Crippen molar-refractivity contribution in [1.29, 1.82) is 0 Å². The topological polar surface area (TPSA) is 66.5 Å². The molecule has 0 aliphatic rings. The van der Waals surface area contributed by atoms with Gasteiger partial charge in [0, 0.05) is 30.8 Å². The van der Waals surface area contributed by atoms with E-state index >= 15 is 0 Å². The van der Waals surface area contributed by atoms with Crippen molar-refractivity contribution in [2.24, 2.45) is 0 Å². The fourth-order valence-electron chi connectivity index (χ4n) is 3.91. The third-order valence-electron chi connectivity index (χ3n) is 5.70. The first kappa shape index (κ1) is 23.9. The number of ether oxygens (including phenoxy) is 2. The van der Waals surface area contributed by atoms with Crippen molar-refractivity contribution in [1.82, 2.24) is 9.55 Å². The third kappa shape index (κ3) is 5.82. The number of hydrogen-bond acceptors (Lipinski definition) is 5. The van der Waals surface area contributed by atoms with Gasteiger partial charge in [0.25, 0.3) is 0 Å². The highest BCUT2D eigenvalue weighted by Crippen LogP contribution is 2.25. The van der Waals surface area contributed by atoms with Crippen LogP contribution in [0.5, 0.6) is 5.75 Å². The van der Waals surface area contributed by atoms with Gasteiger partial charge in [0.05, 0.1) is 25.0 Å². The van der Waals surface area contributed by atoms with Gasteiger partial charge in [-0.1, -0.05) is 30.2 Å². The minimum absolute atomic E-state index is 0.289. The summed E-state index contributed by atoms with van der Waals surface area (Å²) in [5.41, 5.74) is 3.57. The lowest BCUT2D eigenvalue weighted by atomic mass is 10.0. The molecule has 2 aromatic heterocycles. The van der Waals surface area contributed by atoms with Gasteiger partial charge >= 0.3 is 5.97 Å². The monoisotopic (exact) mass is 468 g/mol. The fraction of sp³-hybridized carbons (Fsp3) is 0.241. The molecular weight excluding hydrogens is 440 g/mol. The number of aromatic nitrogens is 2. The average Bonchev–Trinajstić information content (AvgIpc) is 3.54. The number of oxazole rings is 1. The van der Waals surface area contributed by atoms with E-state index in [1.54, 1.807) is 6.92 Å². The predicted molar refractivity (Wildman–Crippen MR) is 134 cm³/mol. The summed E-state index contributed by atoms with van der Waals surface area (Å²) in [6, 6.07) is 19.0. The molecule has 0 saturated carbocycles. The molecule has 0 bridgehead atoms. The summed E-state index contributed by atoms with van der Waals surface area (Å²) in [6.07, 6.45) is 4.82. The molecule has 1 atom stereocenters. The average molecular weight is 469 g/mol. The zero-order chi connectivity index (χ0) is 24.6. The van der Waals surface area contributed by atoms with Crippen molar-refractivity contribution in [3.05, 3.63) is 95.6 Å². The predicted octanol–water partition coefficient (Wildman–Crippen LogP) is 5.40. The molecule has 0 amide bonds. The summed E-state index contributed by atoms with van der Waals surface area (Å²) in [4.78, 5) is 17.0. The second-order valence-electron chi connectivity index (χ2n) is 8.07. The third-order valence-corrected chi connectivity index (χ3v) is 5.70. The number of methoxy groups -OCH3 is 1. The summed E-state index contributed by atoms with van der Waals surface area (Å²) in [6.45, 7) is 4.14. The molecule has 1 unspecified atom stereocenters. The van der Waals surface area contributed by atoms with Crippen molar-refractivity contribution in [3.63, 3.8) is 0 Å². The Hall–Kier alpha value is -4.24. The minimum Gasteiger partial charge on any atom is -0.492 e. The smallest absolute Gasteiger partial charge is 0.329 e. The van der Waals surface area contributed by atoms with Crippen LogP contribution in [0.1, 0.15) is 35.5 Å². The number of esters is 1. The summed E-state index contributed by atoms with van der Waals surface area (Å²) >= 11 is 0. The summed E-state index contributed by atoms with van der Waals surface area (Å²) in [7, 11) is 1.41. The Balaban J connectivity index is 1.45. The second kappa shape index (κ2) is 11.3. The molecule has 6 heteroatoms. The standard InChI is InChI=1S/C29H28N2O4/c1-4-10-24-19-22(20-26(29(32)33-3)31-16-8-9-17-31)13-14-27(24)34-18-15-25-21(2)35-28(30-25)23-11-6-5-7-12-23/h5-9,11-14,16-17,19,26H,15,18,20H2,1-3H3. The first-order valence-corrected chi connectivity index (χ1v) is 11.5. The van der Waals surface area contributed by atoms with E-state index in [4.69, 9.17) is 13.9 Å². The lowest BCUT2D eigenvalue weighted by molar-refractivity contribution is -0.144. The Morgan fingerprint density at radius 3 is 2.60 bits per heavy atom. The molecule has 35 heavy (non-hydrogen) atoms. The first-order chi connectivity index (χ1) is 17.1. The zero-order valence-corrected chi connectivity index (χ0v) is 20.2. The molecule has 178 valence electrons. The van der Waals surface area contributed by atoms with Gasteiger partial charge in [0.2, 0.25) is 5.89 Å². The molecule has 6 nitrogen and oxygen atoms in total. The highest BCUT2D eigenvalue weighted by atomic mass is 16.5. The van der Waals surface area contributed by atoms with Crippen LogP contribution in [0.4, 0.5) is 0 Å². The van der Waals surface area contributed by atoms with Gasteiger partial charge in [0.1, 0.15) is 17.6 Å². The SMILES string of the molecule is CC#Cc1cc(CC(C(=O)OC)n2cccc2)ccc1OCCc1nc(-c2ccccc2)oc1C. The number of carbonyl (C=O) groups is 1. The van der Waals surface area contributed by atoms with Crippen molar-refractivity contribution < 1.29 is 18.7 Å². The Morgan fingerprint density at radius 1 is 1.11 bits per heavy atom. The first-order valence-electron chi connectivity index (χ1n) is 11.5. The molecule has 0 radical (unpaired) electrons. The molecule has 0 fully saturated rings. The lowest BCUT2D eigenvalue weighted by Gasteiger charge is -2.17. The summed E-state index contributed by atoms with van der Waals surface area (Å²) in [5, 5.41) is 0. The van der Waals surface area contributed by atoms with Gasteiger partial charge in [-0.15, -0.1) is 5.92 Å². The highest BCUT2D eigenvalue weighted by Gasteiger charge is 2.21. The van der Waals surface area contributed by atoms with E-state index in [0.29, 0.717) is 31.1 Å². The van der Waals surface area contributed by atoms with Crippen molar-refractivity contribution in [2.75, 3.05) is 13.7 Å². The second-order valence-corrected chi connectivity index (χ2v) is 8.07. The highest BCUT2D eigenvalue weighted by molar-refractivity contribution is 5.74. The molecule has 0 aliphatic carbocycles. The number of nitrogens with zero attached hydrogens (tertiary/aromatic N) is 2. The van der Waals surface area contributed by atoms with Crippen LogP contribution in [0.25, 0.3) is 11.5 Å². The van der Waals surface area contributed by atoms with Gasteiger partial charge in [0.15, 0.2) is 0 Å². The molecule has 4 aromatic rings. The number of carbonyl (C=O) groups excluding carboxylic acids is 1. The van der Waals surface area contributed by atoms with Crippen LogP contribution in [0.2, 0.25) is 0 Å². The van der Waals surface area contributed by atoms with Crippen LogP contribution < -0.4 is 4.74 Å². The normalized spacial score (nSPS) is 11.4. The van der Waals surface area contributed by atoms with Crippen LogP contribution in [0.3, 0.4) is 0 Å². The maximum absolute atomic E-state index is 12.4. The van der Waals surface area contributed by atoms with E-state index in [-0.39, 0.29) is 5.97 Å². The van der Waals surface area contributed by atoms with Gasteiger partial charge in [-0.05, 0) is 55.8 Å². The molecule has 0 spiro atoms. The van der Waals surface area contributed by atoms with Crippen LogP contribution in [0, 0.1) is 18.8 Å². The van der Waals surface area contributed by atoms with Gasteiger partial charge in [-0.2, -0.15) is 0 Å². The summed E-state index contributed by atoms with van der Waals surface area (Å²) < 4.78 is 18.8. The minimum atomic E-state index is -0.446. The van der Waals surface area contributed by atoms with Crippen LogP contribution >= 0.6 is 0 Å². The number of rotatable bonds is 9. The number of aryl methyl sites for hydroxylation is 1. The van der Waals surface area contributed by atoms with Gasteiger partial charge in [-0.3, -0.25) is 0 Å². The van der Waals surface area contributed by atoms with E-state index in [9.17, 15) is 4.79 Å². The Kier molecular flexibility index (Phi) is 7.69. The van der Waals surface area contributed by atoms with E-state index < -0.39 is 6.04 Å². The van der Waals surface area contributed by atoms with Crippen LogP contribution in [-0.4, -0.2) is 29.2 Å². The fourth-order valence-corrected chi connectivity index (χ4v) is 3.91. The molecule has 2 heterocycles. The molecule has 0 aliphatic heterocycles. The molecule has 0 N–H and O–H groups in total. The number of hydrogen-bond donors (Lipinski definition) is 0. The van der Waals surface area contributed by atoms with E-state index in [0.717, 1.165) is 28.1 Å². The maximum Gasteiger partial charge on any atom is 0.329 e. The summed E-state index contributed by atoms with van der Waals surface area (Å²) in [5.74, 6) is 7.88. The quantitative estimate of drug-likeness (QED) is 0.243. The zero-order valence-electron chi connectivity index (χ0n) is 20.2. The molecule has 4 rings (SSSR count). The molecule has 2 aromatic carbocycles. The molecule has 0 saturated heterocycles. The van der Waals surface area contributed by atoms with E-state index in [2.05, 4.69) is 16.8 Å². The largest absolute Gasteiger partial charge is 0.492 e. The molecular formula is C29H28N2O4. The Morgan fingerprint density at radius 2 is 1.89 bits per heavy atom. The van der Waals surface area contributed by atoms with E-state index in [1.165, 1.54) is 7.11 Å². The van der Waals surface area contributed by atoms with Crippen molar-refractivity contribution in [2.45, 2.75) is 32.7 Å². The lowest BCUT2D eigenvalue weighted by Crippen LogP contribution is -2.22. The van der Waals surface area contributed by atoms with Gasteiger partial charge in [-0.25, -0.2) is 9.78 Å². The Bertz CT molecular complexity index is 1330. The van der Waals surface area contributed by atoms with Crippen LogP contribution in [0.15, 0.2) is 77.5 Å². The van der Waals surface area contributed by atoms with Crippen LogP contribution in [-0.2, 0) is 22.4 Å². The van der Waals surface area contributed by atoms with Crippen molar-refractivity contribution >= 4 is 5.97 Å². The number of benzene rings is 2. The van der Waals surface area contributed by atoms with Crippen molar-refractivity contribution in [3.8, 4) is 29.0 Å². The van der Waals surface area contributed by atoms with E-state index in [1.807, 2.05) is 84.5 Å².